The van der Waals surface area contributed by atoms with Crippen LogP contribution in [0.1, 0.15) is 11.1 Å². The fourth-order valence-corrected chi connectivity index (χ4v) is 3.36. The van der Waals surface area contributed by atoms with Crippen molar-refractivity contribution < 1.29 is 14.3 Å². The normalized spacial score (nSPS) is 20.2. The van der Waals surface area contributed by atoms with Gasteiger partial charge >= 0.3 is 0 Å². The van der Waals surface area contributed by atoms with Crippen LogP contribution in [0, 0.1) is 0 Å². The first-order valence-corrected chi connectivity index (χ1v) is 9.11. The number of amides is 2. The third-order valence-corrected chi connectivity index (χ3v) is 4.83. The highest BCUT2D eigenvalue weighted by Crippen LogP contribution is 2.19. The van der Waals surface area contributed by atoms with Crippen LogP contribution in [0.3, 0.4) is 0 Å². The number of aliphatic imine (C=N–C) groups is 1. The Hall–Kier alpha value is -2.99. The van der Waals surface area contributed by atoms with E-state index in [2.05, 4.69) is 15.2 Å². The van der Waals surface area contributed by atoms with Gasteiger partial charge in [-0.05, 0) is 17.7 Å². The summed E-state index contributed by atoms with van der Waals surface area (Å²) in [6.07, 6.45) is 0.468. The number of nitrogens with one attached hydrogen (secondary N) is 1. The third-order valence-electron chi connectivity index (χ3n) is 4.83. The Balaban J connectivity index is 1.56. The Morgan fingerprint density at radius 1 is 1.00 bits per heavy atom. The van der Waals surface area contributed by atoms with E-state index in [-0.39, 0.29) is 5.91 Å². The molecular formula is C21H21N3O3. The zero-order valence-corrected chi connectivity index (χ0v) is 14.9. The number of ether oxygens (including phenoxy) is 1. The van der Waals surface area contributed by atoms with Crippen LogP contribution in [-0.4, -0.2) is 49.9 Å². The van der Waals surface area contributed by atoms with Crippen molar-refractivity contribution in [2.24, 2.45) is 4.99 Å². The molecular weight excluding hydrogens is 342 g/mol. The van der Waals surface area contributed by atoms with Gasteiger partial charge in [-0.15, -0.1) is 0 Å². The van der Waals surface area contributed by atoms with Crippen LogP contribution in [0.4, 0.5) is 5.69 Å². The standard InChI is InChI=1S/C21H21N3O3/c25-20-18(14-15-4-2-1-3-5-15)22-19(21(26)23-20)16-6-8-17(9-7-16)24-10-12-27-13-11-24/h1-9,18H,10-14H2,(H,23,25,26). The second-order valence-corrected chi connectivity index (χ2v) is 6.65. The smallest absolute Gasteiger partial charge is 0.276 e. The van der Waals surface area contributed by atoms with Crippen LogP contribution in [0.5, 0.6) is 0 Å². The lowest BCUT2D eigenvalue weighted by atomic mass is 10.0. The molecule has 2 aromatic rings. The zero-order chi connectivity index (χ0) is 18.6. The lowest BCUT2D eigenvalue weighted by Crippen LogP contribution is -2.47. The van der Waals surface area contributed by atoms with Crippen LogP contribution >= 0.6 is 0 Å². The molecule has 0 aromatic heterocycles. The van der Waals surface area contributed by atoms with Crippen molar-refractivity contribution in [3.8, 4) is 0 Å². The molecule has 1 fully saturated rings. The minimum absolute atomic E-state index is 0.309. The van der Waals surface area contributed by atoms with Gasteiger partial charge in [0.1, 0.15) is 11.8 Å². The molecule has 0 saturated carbocycles. The summed E-state index contributed by atoms with van der Waals surface area (Å²) in [4.78, 5) is 31.2. The molecule has 1 saturated heterocycles. The van der Waals surface area contributed by atoms with Crippen molar-refractivity contribution in [3.63, 3.8) is 0 Å². The molecule has 0 spiro atoms. The first-order valence-electron chi connectivity index (χ1n) is 9.11. The fraction of sp³-hybridized carbons (Fsp3) is 0.286. The SMILES string of the molecule is O=C1NC(=O)C(Cc2ccccc2)N=C1c1ccc(N2CCOCC2)cc1. The van der Waals surface area contributed by atoms with E-state index >= 15 is 0 Å². The predicted molar refractivity (Wildman–Crippen MR) is 103 cm³/mol. The van der Waals surface area contributed by atoms with Gasteiger partial charge in [-0.25, -0.2) is 0 Å². The molecule has 1 unspecified atom stereocenters. The second kappa shape index (κ2) is 7.72. The number of nitrogens with zero attached hydrogens (tertiary/aromatic N) is 2. The number of benzene rings is 2. The molecule has 0 bridgehead atoms. The van der Waals surface area contributed by atoms with Gasteiger partial charge in [-0.1, -0.05) is 42.5 Å². The summed E-state index contributed by atoms with van der Waals surface area (Å²) < 4.78 is 5.38. The van der Waals surface area contributed by atoms with Gasteiger partial charge in [0, 0.05) is 30.8 Å². The van der Waals surface area contributed by atoms with Crippen molar-refractivity contribution in [1.29, 1.82) is 0 Å². The summed E-state index contributed by atoms with van der Waals surface area (Å²) in [5.41, 5.74) is 3.13. The molecule has 138 valence electrons. The van der Waals surface area contributed by atoms with Crippen molar-refractivity contribution in [3.05, 3.63) is 65.7 Å². The number of hydrogen-bond donors (Lipinski definition) is 1. The lowest BCUT2D eigenvalue weighted by Gasteiger charge is -2.29. The molecule has 4 rings (SSSR count). The molecule has 0 aliphatic carbocycles. The maximum absolute atomic E-state index is 12.3. The second-order valence-electron chi connectivity index (χ2n) is 6.65. The van der Waals surface area contributed by atoms with Gasteiger partial charge in [0.25, 0.3) is 11.8 Å². The van der Waals surface area contributed by atoms with Crippen LogP contribution in [0.25, 0.3) is 0 Å². The molecule has 6 heteroatoms. The van der Waals surface area contributed by atoms with E-state index in [1.165, 1.54) is 0 Å². The van der Waals surface area contributed by atoms with Crippen molar-refractivity contribution in [1.82, 2.24) is 5.32 Å². The molecule has 2 amide bonds. The van der Waals surface area contributed by atoms with E-state index in [1.807, 2.05) is 54.6 Å². The largest absolute Gasteiger partial charge is 0.378 e. The van der Waals surface area contributed by atoms with Gasteiger partial charge in [-0.3, -0.25) is 19.9 Å². The van der Waals surface area contributed by atoms with Gasteiger partial charge < -0.3 is 9.64 Å². The molecule has 27 heavy (non-hydrogen) atoms. The average Bonchev–Trinajstić information content (AvgIpc) is 2.72. The first-order chi connectivity index (χ1) is 13.2. The number of imide groups is 1. The van der Waals surface area contributed by atoms with Crippen LogP contribution in [0.2, 0.25) is 0 Å². The maximum Gasteiger partial charge on any atom is 0.276 e. The number of rotatable bonds is 4. The first kappa shape index (κ1) is 17.4. The van der Waals surface area contributed by atoms with Gasteiger partial charge in [-0.2, -0.15) is 0 Å². The zero-order valence-electron chi connectivity index (χ0n) is 14.9. The molecule has 1 atom stereocenters. The van der Waals surface area contributed by atoms with E-state index in [0.717, 1.165) is 43.1 Å². The monoisotopic (exact) mass is 363 g/mol. The summed E-state index contributed by atoms with van der Waals surface area (Å²) in [6, 6.07) is 16.8. The number of anilines is 1. The van der Waals surface area contributed by atoms with E-state index in [1.54, 1.807) is 0 Å². The van der Waals surface area contributed by atoms with E-state index in [9.17, 15) is 9.59 Å². The number of carbonyl (C=O) groups is 2. The van der Waals surface area contributed by atoms with Gasteiger partial charge in [0.05, 0.1) is 13.2 Å². The average molecular weight is 363 g/mol. The molecule has 2 aromatic carbocycles. The molecule has 2 aliphatic rings. The summed E-state index contributed by atoms with van der Waals surface area (Å²) in [7, 11) is 0. The summed E-state index contributed by atoms with van der Waals surface area (Å²) in [5, 5.41) is 2.44. The van der Waals surface area contributed by atoms with Crippen molar-refractivity contribution in [2.45, 2.75) is 12.5 Å². The Kier molecular flexibility index (Phi) is 4.98. The Labute approximate surface area is 157 Å². The van der Waals surface area contributed by atoms with Crippen molar-refractivity contribution in [2.75, 3.05) is 31.2 Å². The minimum atomic E-state index is -0.598. The molecule has 6 nitrogen and oxygen atoms in total. The highest BCUT2D eigenvalue weighted by atomic mass is 16.5. The number of morpholine rings is 1. The molecule has 1 N–H and O–H groups in total. The van der Waals surface area contributed by atoms with Gasteiger partial charge in [0.15, 0.2) is 0 Å². The topological polar surface area (TPSA) is 71.0 Å². The number of hydrogen-bond acceptors (Lipinski definition) is 5. The van der Waals surface area contributed by atoms with Gasteiger partial charge in [0.2, 0.25) is 0 Å². The van der Waals surface area contributed by atoms with Crippen LogP contribution in [0.15, 0.2) is 59.6 Å². The third kappa shape index (κ3) is 3.90. The van der Waals surface area contributed by atoms with Crippen LogP contribution < -0.4 is 10.2 Å². The minimum Gasteiger partial charge on any atom is -0.378 e. The Morgan fingerprint density at radius 2 is 1.70 bits per heavy atom. The Morgan fingerprint density at radius 3 is 2.41 bits per heavy atom. The molecule has 0 radical (unpaired) electrons. The quantitative estimate of drug-likeness (QED) is 0.838. The molecule has 2 heterocycles. The molecule has 2 aliphatic heterocycles. The van der Waals surface area contributed by atoms with E-state index < -0.39 is 11.9 Å². The highest BCUT2D eigenvalue weighted by molar-refractivity contribution is 6.48. The van der Waals surface area contributed by atoms with E-state index in [0.29, 0.717) is 12.1 Å². The fourth-order valence-electron chi connectivity index (χ4n) is 3.36. The summed E-state index contributed by atoms with van der Waals surface area (Å²) in [5.74, 6) is -0.791. The highest BCUT2D eigenvalue weighted by Gasteiger charge is 2.29. The van der Waals surface area contributed by atoms with E-state index in [4.69, 9.17) is 4.74 Å². The van der Waals surface area contributed by atoms with Crippen molar-refractivity contribution >= 4 is 23.2 Å². The van der Waals surface area contributed by atoms with Crippen LogP contribution in [-0.2, 0) is 20.7 Å². The summed E-state index contributed by atoms with van der Waals surface area (Å²) >= 11 is 0. The predicted octanol–water partition coefficient (Wildman–Crippen LogP) is 1.58. The summed E-state index contributed by atoms with van der Waals surface area (Å²) in [6.45, 7) is 3.16. The Bertz CT molecular complexity index is 856. The maximum atomic E-state index is 12.3. The number of carbonyl (C=O) groups excluding carboxylic acids is 2. The lowest BCUT2D eigenvalue weighted by molar-refractivity contribution is -0.128.